The Kier molecular flexibility index (Phi) is 6.39. The van der Waals surface area contributed by atoms with Crippen molar-refractivity contribution in [2.45, 2.75) is 11.4 Å². The molecule has 1 aliphatic rings. The molecule has 0 spiro atoms. The van der Waals surface area contributed by atoms with Crippen molar-refractivity contribution >= 4 is 46.9 Å². The number of nitrogens with zero attached hydrogens (tertiary/aromatic N) is 1. The van der Waals surface area contributed by atoms with Crippen LogP contribution in [0.1, 0.15) is 11.1 Å². The quantitative estimate of drug-likeness (QED) is 0.536. The van der Waals surface area contributed by atoms with Gasteiger partial charge in [-0.3, -0.25) is 14.5 Å². The maximum atomic E-state index is 13.2. The topological polar surface area (TPSA) is 49.4 Å². The maximum Gasteiger partial charge on any atom is 0.265 e. The number of amides is 2. The predicted octanol–water partition coefficient (Wildman–Crippen LogP) is 5.28. The second-order valence-electron chi connectivity index (χ2n) is 6.93. The third-order valence-electron chi connectivity index (χ3n) is 4.68. The van der Waals surface area contributed by atoms with Crippen molar-refractivity contribution in [2.75, 3.05) is 11.4 Å². The summed E-state index contributed by atoms with van der Waals surface area (Å²) in [4.78, 5) is 28.7. The van der Waals surface area contributed by atoms with Crippen LogP contribution in [0.5, 0.6) is 0 Å². The number of carbonyl (C=O) groups is 2. The number of anilines is 1. The van der Waals surface area contributed by atoms with Crippen LogP contribution in [0.15, 0.2) is 82.6 Å². The molecule has 0 unspecified atom stereocenters. The minimum atomic E-state index is -0.331. The highest BCUT2D eigenvalue weighted by Crippen LogP contribution is 2.41. The van der Waals surface area contributed by atoms with E-state index in [0.717, 1.165) is 16.0 Å². The lowest BCUT2D eigenvalue weighted by Crippen LogP contribution is -2.42. The van der Waals surface area contributed by atoms with E-state index in [-0.39, 0.29) is 30.7 Å². The number of thioether (sulfide) groups is 1. The SMILES string of the molecule is O=C(CN1C(=O)/C(=C/c2cccc(Cl)c2)Sc2ccccc21)NCc1ccc(F)cc1. The molecule has 0 bridgehead atoms. The number of rotatable bonds is 5. The van der Waals surface area contributed by atoms with Crippen LogP contribution < -0.4 is 10.2 Å². The molecule has 3 aromatic rings. The van der Waals surface area contributed by atoms with E-state index in [2.05, 4.69) is 5.32 Å². The van der Waals surface area contributed by atoms with Gasteiger partial charge < -0.3 is 5.32 Å². The van der Waals surface area contributed by atoms with Crippen molar-refractivity contribution in [2.24, 2.45) is 0 Å². The van der Waals surface area contributed by atoms with Gasteiger partial charge in [0.2, 0.25) is 5.91 Å². The average molecular weight is 453 g/mol. The standard InChI is InChI=1S/C24H18ClFN2O2S/c25-18-5-3-4-17(12-18)13-22-24(30)28(20-6-1-2-7-21(20)31-22)15-23(29)27-14-16-8-10-19(26)11-9-16/h1-13H,14-15H2,(H,27,29)/b22-13-. The Morgan fingerprint density at radius 2 is 1.84 bits per heavy atom. The Bertz CT molecular complexity index is 1160. The van der Waals surface area contributed by atoms with E-state index < -0.39 is 0 Å². The number of fused-ring (bicyclic) bond motifs is 1. The van der Waals surface area contributed by atoms with E-state index >= 15 is 0 Å². The van der Waals surface area contributed by atoms with Crippen LogP contribution in [-0.4, -0.2) is 18.4 Å². The second kappa shape index (κ2) is 9.37. The van der Waals surface area contributed by atoms with Crippen LogP contribution in [0.2, 0.25) is 5.02 Å². The Hall–Kier alpha value is -3.09. The van der Waals surface area contributed by atoms with Crippen LogP contribution >= 0.6 is 23.4 Å². The summed E-state index contributed by atoms with van der Waals surface area (Å²) in [5.41, 5.74) is 2.28. The van der Waals surface area contributed by atoms with Crippen molar-refractivity contribution in [1.29, 1.82) is 0 Å². The molecule has 0 fully saturated rings. The van der Waals surface area contributed by atoms with Crippen molar-refractivity contribution in [3.8, 4) is 0 Å². The molecule has 31 heavy (non-hydrogen) atoms. The molecule has 0 saturated carbocycles. The summed E-state index contributed by atoms with van der Waals surface area (Å²) in [6.07, 6.45) is 1.78. The zero-order valence-corrected chi connectivity index (χ0v) is 17.9. The fourth-order valence-corrected chi connectivity index (χ4v) is 4.43. The van der Waals surface area contributed by atoms with Gasteiger partial charge in [0.1, 0.15) is 12.4 Å². The summed E-state index contributed by atoms with van der Waals surface area (Å²) in [6, 6.07) is 20.6. The largest absolute Gasteiger partial charge is 0.350 e. The van der Waals surface area contributed by atoms with Crippen molar-refractivity contribution in [3.05, 3.63) is 99.7 Å². The number of nitrogens with one attached hydrogen (secondary N) is 1. The van der Waals surface area contributed by atoms with E-state index in [9.17, 15) is 14.0 Å². The van der Waals surface area contributed by atoms with Gasteiger partial charge in [0, 0.05) is 16.5 Å². The molecule has 0 radical (unpaired) electrons. The highest BCUT2D eigenvalue weighted by molar-refractivity contribution is 8.04. The van der Waals surface area contributed by atoms with E-state index in [1.165, 1.54) is 28.8 Å². The van der Waals surface area contributed by atoms with E-state index in [4.69, 9.17) is 11.6 Å². The first-order chi connectivity index (χ1) is 15.0. The van der Waals surface area contributed by atoms with Crippen molar-refractivity contribution in [1.82, 2.24) is 5.32 Å². The van der Waals surface area contributed by atoms with Gasteiger partial charge in [-0.25, -0.2) is 4.39 Å². The Balaban J connectivity index is 1.54. The number of hydrogen-bond donors (Lipinski definition) is 1. The Morgan fingerprint density at radius 1 is 1.06 bits per heavy atom. The molecule has 1 heterocycles. The van der Waals surface area contributed by atoms with Gasteiger partial charge in [-0.2, -0.15) is 0 Å². The van der Waals surface area contributed by atoms with Gasteiger partial charge in [-0.1, -0.05) is 59.8 Å². The van der Waals surface area contributed by atoms with Gasteiger partial charge in [0.25, 0.3) is 5.91 Å². The van der Waals surface area contributed by atoms with E-state index in [1.807, 2.05) is 36.4 Å². The van der Waals surface area contributed by atoms with Crippen LogP contribution in [0.25, 0.3) is 6.08 Å². The van der Waals surface area contributed by atoms with Gasteiger partial charge in [0.15, 0.2) is 0 Å². The number of para-hydroxylation sites is 1. The molecule has 0 aromatic heterocycles. The smallest absolute Gasteiger partial charge is 0.265 e. The Morgan fingerprint density at radius 3 is 2.61 bits per heavy atom. The highest BCUT2D eigenvalue weighted by atomic mass is 35.5. The van der Waals surface area contributed by atoms with E-state index in [1.54, 1.807) is 30.3 Å². The first-order valence-electron chi connectivity index (χ1n) is 9.57. The van der Waals surface area contributed by atoms with Crippen molar-refractivity contribution < 1.29 is 14.0 Å². The number of carbonyl (C=O) groups excluding carboxylic acids is 2. The average Bonchev–Trinajstić information content (AvgIpc) is 2.76. The van der Waals surface area contributed by atoms with Gasteiger partial charge in [-0.15, -0.1) is 0 Å². The minimum absolute atomic E-state index is 0.121. The number of benzene rings is 3. The predicted molar refractivity (Wildman–Crippen MR) is 122 cm³/mol. The summed E-state index contributed by atoms with van der Waals surface area (Å²) in [7, 11) is 0. The number of hydrogen-bond acceptors (Lipinski definition) is 3. The molecule has 0 aliphatic carbocycles. The fraction of sp³-hybridized carbons (Fsp3) is 0.0833. The summed E-state index contributed by atoms with van der Waals surface area (Å²) in [5.74, 6) is -0.885. The molecule has 0 saturated heterocycles. The molecule has 1 aliphatic heterocycles. The maximum absolute atomic E-state index is 13.2. The molecule has 1 N–H and O–H groups in total. The fourth-order valence-electron chi connectivity index (χ4n) is 3.17. The molecule has 156 valence electrons. The molecule has 4 rings (SSSR count). The lowest BCUT2D eigenvalue weighted by atomic mass is 10.2. The van der Waals surface area contributed by atoms with Gasteiger partial charge >= 0.3 is 0 Å². The second-order valence-corrected chi connectivity index (χ2v) is 8.45. The molecular weight excluding hydrogens is 435 g/mol. The third-order valence-corrected chi connectivity index (χ3v) is 6.00. The van der Waals surface area contributed by atoms with Gasteiger partial charge in [-0.05, 0) is 53.6 Å². The van der Waals surface area contributed by atoms with Crippen LogP contribution in [0, 0.1) is 5.82 Å². The molecule has 7 heteroatoms. The Labute approximate surface area is 188 Å². The first kappa shape index (κ1) is 21.2. The zero-order valence-electron chi connectivity index (χ0n) is 16.3. The zero-order chi connectivity index (χ0) is 21.8. The normalized spacial score (nSPS) is 14.5. The molecular formula is C24H18ClFN2O2S. The lowest BCUT2D eigenvalue weighted by molar-refractivity contribution is -0.122. The summed E-state index contributed by atoms with van der Waals surface area (Å²) >= 11 is 7.43. The minimum Gasteiger partial charge on any atom is -0.350 e. The third kappa shape index (κ3) is 5.16. The summed E-state index contributed by atoms with van der Waals surface area (Å²) in [5, 5.41) is 3.37. The first-order valence-corrected chi connectivity index (χ1v) is 10.8. The van der Waals surface area contributed by atoms with Crippen LogP contribution in [0.3, 0.4) is 0 Å². The van der Waals surface area contributed by atoms with Crippen LogP contribution in [0.4, 0.5) is 10.1 Å². The molecule has 2 amide bonds. The molecule has 4 nitrogen and oxygen atoms in total. The summed E-state index contributed by atoms with van der Waals surface area (Å²) in [6.45, 7) is 0.132. The highest BCUT2D eigenvalue weighted by Gasteiger charge is 2.30. The van der Waals surface area contributed by atoms with E-state index in [0.29, 0.717) is 15.6 Å². The van der Waals surface area contributed by atoms with Gasteiger partial charge in [0.05, 0.1) is 10.6 Å². The monoisotopic (exact) mass is 452 g/mol. The molecule has 3 aromatic carbocycles. The lowest BCUT2D eigenvalue weighted by Gasteiger charge is -2.29. The summed E-state index contributed by atoms with van der Waals surface area (Å²) < 4.78 is 13.0. The van der Waals surface area contributed by atoms with Crippen LogP contribution in [-0.2, 0) is 16.1 Å². The molecule has 0 atom stereocenters. The number of halogens is 2. The van der Waals surface area contributed by atoms with Crippen molar-refractivity contribution in [3.63, 3.8) is 0 Å².